The molecule has 0 spiro atoms. The van der Waals surface area contributed by atoms with Gasteiger partial charge in [-0.3, -0.25) is 9.79 Å². The first kappa shape index (κ1) is 18.6. The van der Waals surface area contributed by atoms with Crippen molar-refractivity contribution >= 4 is 33.7 Å². The number of benzene rings is 2. The van der Waals surface area contributed by atoms with Crippen molar-refractivity contribution in [1.29, 1.82) is 0 Å². The number of aliphatic imine (C=N–C) groups is 1. The van der Waals surface area contributed by atoms with E-state index in [4.69, 9.17) is 4.74 Å². The van der Waals surface area contributed by atoms with Crippen LogP contribution in [0.1, 0.15) is 37.7 Å². The van der Waals surface area contributed by atoms with Crippen LogP contribution in [0.15, 0.2) is 58.0 Å². The highest BCUT2D eigenvalue weighted by atomic mass is 79.9. The topological polar surface area (TPSA) is 50.7 Å². The van der Waals surface area contributed by atoms with E-state index in [9.17, 15) is 4.79 Å². The molecule has 2 aromatic rings. The van der Waals surface area contributed by atoms with Crippen molar-refractivity contribution in [3.05, 3.63) is 58.6 Å². The van der Waals surface area contributed by atoms with Crippen molar-refractivity contribution in [1.82, 2.24) is 5.32 Å². The number of carbonyl (C=O) groups excluding carboxylic acids is 1. The van der Waals surface area contributed by atoms with Gasteiger partial charge in [0.15, 0.2) is 6.61 Å². The van der Waals surface area contributed by atoms with Crippen molar-refractivity contribution < 1.29 is 9.53 Å². The summed E-state index contributed by atoms with van der Waals surface area (Å²) in [4.78, 5) is 16.4. The van der Waals surface area contributed by atoms with Crippen molar-refractivity contribution in [3.63, 3.8) is 0 Å². The molecule has 26 heavy (non-hydrogen) atoms. The second-order valence-electron chi connectivity index (χ2n) is 6.50. The number of nitrogens with one attached hydrogen (secondary N) is 1. The summed E-state index contributed by atoms with van der Waals surface area (Å²) in [6, 6.07) is 15.7. The minimum Gasteiger partial charge on any atom is -0.484 e. The van der Waals surface area contributed by atoms with Gasteiger partial charge in [0.1, 0.15) is 5.75 Å². The van der Waals surface area contributed by atoms with E-state index in [0.717, 1.165) is 28.6 Å². The molecule has 0 radical (unpaired) electrons. The molecule has 0 heterocycles. The number of rotatable bonds is 6. The predicted octanol–water partition coefficient (Wildman–Crippen LogP) is 5.03. The average molecular weight is 415 g/mol. The molecule has 0 bridgehead atoms. The summed E-state index contributed by atoms with van der Waals surface area (Å²) < 4.78 is 6.58. The number of halogens is 1. The van der Waals surface area contributed by atoms with Gasteiger partial charge in [0.2, 0.25) is 0 Å². The summed E-state index contributed by atoms with van der Waals surface area (Å²) in [6.45, 7) is 0.0575. The van der Waals surface area contributed by atoms with Gasteiger partial charge in [0, 0.05) is 16.7 Å². The van der Waals surface area contributed by atoms with E-state index in [0.29, 0.717) is 11.8 Å². The number of amides is 1. The quantitative estimate of drug-likeness (QED) is 0.673. The Kier molecular flexibility index (Phi) is 6.83. The van der Waals surface area contributed by atoms with E-state index >= 15 is 0 Å². The van der Waals surface area contributed by atoms with Crippen LogP contribution >= 0.6 is 15.9 Å². The third-order valence-electron chi connectivity index (χ3n) is 4.39. The second kappa shape index (κ2) is 9.53. The Bertz CT molecular complexity index is 753. The summed E-state index contributed by atoms with van der Waals surface area (Å²) in [6.07, 6.45) is 7.65. The molecular weight excluding hydrogens is 392 g/mol. The van der Waals surface area contributed by atoms with Gasteiger partial charge in [-0.25, -0.2) is 0 Å². The van der Waals surface area contributed by atoms with E-state index in [1.54, 1.807) is 6.21 Å². The molecule has 0 aromatic heterocycles. The van der Waals surface area contributed by atoms with E-state index < -0.39 is 0 Å². The SMILES string of the molecule is O=C(COc1ccc(C=Nc2cccc(Br)c2)cc1)NC1CCCCC1. The molecule has 0 saturated heterocycles. The van der Waals surface area contributed by atoms with Gasteiger partial charge in [0.05, 0.1) is 5.69 Å². The number of hydrogen-bond donors (Lipinski definition) is 1. The predicted molar refractivity (Wildman–Crippen MR) is 108 cm³/mol. The molecule has 0 aliphatic heterocycles. The lowest BCUT2D eigenvalue weighted by Crippen LogP contribution is -2.38. The van der Waals surface area contributed by atoms with E-state index in [1.165, 1.54) is 19.3 Å². The zero-order valence-electron chi connectivity index (χ0n) is 14.7. The molecule has 4 nitrogen and oxygen atoms in total. The van der Waals surface area contributed by atoms with Gasteiger partial charge in [-0.2, -0.15) is 0 Å². The summed E-state index contributed by atoms with van der Waals surface area (Å²) in [7, 11) is 0. The van der Waals surface area contributed by atoms with E-state index in [1.807, 2.05) is 48.5 Å². The Morgan fingerprint density at radius 2 is 1.92 bits per heavy atom. The van der Waals surface area contributed by atoms with Crippen LogP contribution < -0.4 is 10.1 Å². The fourth-order valence-corrected chi connectivity index (χ4v) is 3.41. The molecule has 5 heteroatoms. The standard InChI is InChI=1S/C21H23BrN2O2/c22-17-5-4-8-19(13-17)23-14-16-9-11-20(12-10-16)26-15-21(25)24-18-6-2-1-3-7-18/h4-5,8-14,18H,1-3,6-7,15H2,(H,24,25). The first-order valence-corrected chi connectivity index (χ1v) is 9.80. The first-order chi connectivity index (χ1) is 12.7. The lowest BCUT2D eigenvalue weighted by molar-refractivity contribution is -0.124. The lowest BCUT2D eigenvalue weighted by Gasteiger charge is -2.22. The molecule has 1 amide bonds. The van der Waals surface area contributed by atoms with Crippen LogP contribution in [0.5, 0.6) is 5.75 Å². The Morgan fingerprint density at radius 1 is 1.15 bits per heavy atom. The third-order valence-corrected chi connectivity index (χ3v) is 4.88. The van der Waals surface area contributed by atoms with Crippen LogP contribution in [0, 0.1) is 0 Å². The van der Waals surface area contributed by atoms with Crippen molar-refractivity contribution in [2.75, 3.05) is 6.61 Å². The molecule has 0 unspecified atom stereocenters. The maximum Gasteiger partial charge on any atom is 0.258 e. The summed E-state index contributed by atoms with van der Waals surface area (Å²) in [5, 5.41) is 3.05. The number of carbonyl (C=O) groups is 1. The highest BCUT2D eigenvalue weighted by Gasteiger charge is 2.15. The van der Waals surface area contributed by atoms with Crippen LogP contribution in [-0.2, 0) is 4.79 Å². The molecular formula is C21H23BrN2O2. The van der Waals surface area contributed by atoms with Crippen LogP contribution in [0.25, 0.3) is 0 Å². The fraction of sp³-hybridized carbons (Fsp3) is 0.333. The van der Waals surface area contributed by atoms with Gasteiger partial charge >= 0.3 is 0 Å². The van der Waals surface area contributed by atoms with Gasteiger partial charge in [-0.1, -0.05) is 41.3 Å². The highest BCUT2D eigenvalue weighted by Crippen LogP contribution is 2.19. The lowest BCUT2D eigenvalue weighted by atomic mass is 9.95. The largest absolute Gasteiger partial charge is 0.484 e. The van der Waals surface area contributed by atoms with Gasteiger partial charge in [-0.05, 0) is 60.9 Å². The normalized spacial score (nSPS) is 15.1. The maximum absolute atomic E-state index is 12.0. The van der Waals surface area contributed by atoms with E-state index in [2.05, 4.69) is 26.2 Å². The zero-order valence-corrected chi connectivity index (χ0v) is 16.2. The summed E-state index contributed by atoms with van der Waals surface area (Å²) >= 11 is 3.43. The number of hydrogen-bond acceptors (Lipinski definition) is 3. The second-order valence-corrected chi connectivity index (χ2v) is 7.41. The molecule has 136 valence electrons. The molecule has 2 aromatic carbocycles. The molecule has 1 saturated carbocycles. The first-order valence-electron chi connectivity index (χ1n) is 9.01. The number of ether oxygens (including phenoxy) is 1. The summed E-state index contributed by atoms with van der Waals surface area (Å²) in [5.41, 5.74) is 1.86. The molecule has 1 N–H and O–H groups in total. The monoisotopic (exact) mass is 414 g/mol. The van der Waals surface area contributed by atoms with Crippen molar-refractivity contribution in [3.8, 4) is 5.75 Å². The van der Waals surface area contributed by atoms with Crippen molar-refractivity contribution in [2.45, 2.75) is 38.1 Å². The fourth-order valence-electron chi connectivity index (χ4n) is 3.02. The smallest absolute Gasteiger partial charge is 0.258 e. The van der Waals surface area contributed by atoms with Crippen LogP contribution in [-0.4, -0.2) is 24.8 Å². The van der Waals surface area contributed by atoms with Crippen molar-refractivity contribution in [2.24, 2.45) is 4.99 Å². The molecule has 3 rings (SSSR count). The Morgan fingerprint density at radius 3 is 2.65 bits per heavy atom. The van der Waals surface area contributed by atoms with Gasteiger partial charge in [-0.15, -0.1) is 0 Å². The zero-order chi connectivity index (χ0) is 18.2. The van der Waals surface area contributed by atoms with Crippen LogP contribution in [0.4, 0.5) is 5.69 Å². The minimum absolute atomic E-state index is 0.0443. The molecule has 0 atom stereocenters. The summed E-state index contributed by atoms with van der Waals surface area (Å²) in [5.74, 6) is 0.639. The molecule has 1 aliphatic carbocycles. The Balaban J connectivity index is 1.47. The van der Waals surface area contributed by atoms with Crippen LogP contribution in [0.2, 0.25) is 0 Å². The van der Waals surface area contributed by atoms with E-state index in [-0.39, 0.29) is 12.5 Å². The molecule has 1 fully saturated rings. The van der Waals surface area contributed by atoms with Gasteiger partial charge < -0.3 is 10.1 Å². The Hall–Kier alpha value is -2.14. The maximum atomic E-state index is 12.0. The number of nitrogens with zero attached hydrogens (tertiary/aromatic N) is 1. The molecule has 1 aliphatic rings. The average Bonchev–Trinajstić information content (AvgIpc) is 2.66. The van der Waals surface area contributed by atoms with Gasteiger partial charge in [0.25, 0.3) is 5.91 Å². The Labute approximate surface area is 162 Å². The minimum atomic E-state index is -0.0443. The third kappa shape index (κ3) is 5.99. The van der Waals surface area contributed by atoms with Crippen LogP contribution in [0.3, 0.4) is 0 Å². The highest BCUT2D eigenvalue weighted by molar-refractivity contribution is 9.10.